The maximum absolute atomic E-state index is 12.6. The predicted molar refractivity (Wildman–Crippen MR) is 121 cm³/mol. The van der Waals surface area contributed by atoms with Crippen LogP contribution in [0.3, 0.4) is 0 Å². The molecule has 0 spiro atoms. The molecular weight excluding hydrogens is 503 g/mol. The summed E-state index contributed by atoms with van der Waals surface area (Å²) in [6.07, 6.45) is -1.59. The summed E-state index contributed by atoms with van der Waals surface area (Å²) in [6, 6.07) is 13.1. The molecule has 0 saturated heterocycles. The number of β-amino-alcohol motifs (C(OH)–C–C–N with tert-alkyl or cyclic N) is 1. The SMILES string of the molecule is CC(C)(C)N(C[C@H](O)c1ccc([N+](=O)[O-])cc1)C(=O)OCCOc1ccc(I)cc1. The fourth-order valence-corrected chi connectivity index (χ4v) is 2.98. The zero-order valence-corrected chi connectivity index (χ0v) is 19.2. The third-order valence-corrected chi connectivity index (χ3v) is 4.98. The Labute approximate surface area is 189 Å². The van der Waals surface area contributed by atoms with Crippen molar-refractivity contribution in [1.29, 1.82) is 0 Å². The van der Waals surface area contributed by atoms with E-state index in [1.54, 1.807) is 0 Å². The second-order valence-electron chi connectivity index (χ2n) is 7.56. The van der Waals surface area contributed by atoms with E-state index in [4.69, 9.17) is 9.47 Å². The van der Waals surface area contributed by atoms with Crippen LogP contribution in [-0.2, 0) is 4.74 Å². The van der Waals surface area contributed by atoms with Crippen LogP contribution < -0.4 is 4.74 Å². The van der Waals surface area contributed by atoms with Gasteiger partial charge in [0, 0.05) is 21.2 Å². The summed E-state index contributed by atoms with van der Waals surface area (Å²) in [5, 5.41) is 21.3. The van der Waals surface area contributed by atoms with E-state index in [0.717, 1.165) is 3.57 Å². The Bertz CT molecular complexity index is 849. The Hall–Kier alpha value is -2.40. The normalized spacial score (nSPS) is 12.2. The summed E-state index contributed by atoms with van der Waals surface area (Å²) in [4.78, 5) is 24.3. The average Bonchev–Trinajstić information content (AvgIpc) is 2.69. The highest BCUT2D eigenvalue weighted by atomic mass is 127. The number of hydrogen-bond acceptors (Lipinski definition) is 6. The van der Waals surface area contributed by atoms with Crippen LogP contribution in [0.1, 0.15) is 32.4 Å². The highest BCUT2D eigenvalue weighted by Crippen LogP contribution is 2.23. The minimum Gasteiger partial charge on any atom is -0.490 e. The van der Waals surface area contributed by atoms with Gasteiger partial charge in [-0.3, -0.25) is 10.1 Å². The fraction of sp³-hybridized carbons (Fsp3) is 0.381. The second kappa shape index (κ2) is 10.6. The number of benzene rings is 2. The first kappa shape index (κ1) is 23.9. The molecule has 162 valence electrons. The van der Waals surface area contributed by atoms with Crippen molar-refractivity contribution >= 4 is 34.4 Å². The zero-order valence-electron chi connectivity index (χ0n) is 17.1. The molecule has 1 N–H and O–H groups in total. The van der Waals surface area contributed by atoms with Crippen molar-refractivity contribution in [2.45, 2.75) is 32.4 Å². The molecule has 0 bridgehead atoms. The minimum absolute atomic E-state index is 0.0158. The van der Waals surface area contributed by atoms with Crippen molar-refractivity contribution in [1.82, 2.24) is 4.90 Å². The molecule has 0 aliphatic carbocycles. The molecule has 1 atom stereocenters. The Kier molecular flexibility index (Phi) is 8.42. The Balaban J connectivity index is 1.92. The number of carbonyl (C=O) groups is 1. The Morgan fingerprint density at radius 1 is 1.13 bits per heavy atom. The van der Waals surface area contributed by atoms with Crippen LogP contribution in [0.25, 0.3) is 0 Å². The third kappa shape index (κ3) is 7.13. The van der Waals surface area contributed by atoms with E-state index in [1.807, 2.05) is 45.0 Å². The number of nitrogens with zero attached hydrogens (tertiary/aromatic N) is 2. The first-order valence-electron chi connectivity index (χ1n) is 9.33. The molecule has 9 heteroatoms. The lowest BCUT2D eigenvalue weighted by Gasteiger charge is -2.36. The number of rotatable bonds is 8. The van der Waals surface area contributed by atoms with E-state index in [1.165, 1.54) is 29.2 Å². The quantitative estimate of drug-likeness (QED) is 0.234. The van der Waals surface area contributed by atoms with Gasteiger partial charge >= 0.3 is 6.09 Å². The van der Waals surface area contributed by atoms with Gasteiger partial charge in [-0.2, -0.15) is 0 Å². The monoisotopic (exact) mass is 528 g/mol. The highest BCUT2D eigenvalue weighted by Gasteiger charge is 2.30. The van der Waals surface area contributed by atoms with Crippen molar-refractivity contribution in [3.8, 4) is 5.75 Å². The summed E-state index contributed by atoms with van der Waals surface area (Å²) in [5.74, 6) is 0.688. The number of ether oxygens (including phenoxy) is 2. The van der Waals surface area contributed by atoms with Gasteiger partial charge in [-0.05, 0) is 85.3 Å². The van der Waals surface area contributed by atoms with Crippen molar-refractivity contribution in [2.75, 3.05) is 19.8 Å². The second-order valence-corrected chi connectivity index (χ2v) is 8.81. The maximum Gasteiger partial charge on any atom is 0.410 e. The maximum atomic E-state index is 12.6. The number of carbonyl (C=O) groups excluding carboxylic acids is 1. The molecule has 1 amide bonds. The van der Waals surface area contributed by atoms with Crippen LogP contribution in [0.15, 0.2) is 48.5 Å². The smallest absolute Gasteiger partial charge is 0.410 e. The van der Waals surface area contributed by atoms with Crippen molar-refractivity contribution in [2.24, 2.45) is 0 Å². The topological polar surface area (TPSA) is 102 Å². The number of nitro groups is 1. The van der Waals surface area contributed by atoms with Crippen LogP contribution >= 0.6 is 22.6 Å². The fourth-order valence-electron chi connectivity index (χ4n) is 2.62. The number of amides is 1. The lowest BCUT2D eigenvalue weighted by molar-refractivity contribution is -0.384. The van der Waals surface area contributed by atoms with E-state index in [-0.39, 0.29) is 25.4 Å². The first-order chi connectivity index (χ1) is 14.1. The molecule has 0 aromatic heterocycles. The number of nitro benzene ring substituents is 1. The van der Waals surface area contributed by atoms with Crippen LogP contribution in [0.4, 0.5) is 10.5 Å². The molecule has 0 aliphatic heterocycles. The molecule has 30 heavy (non-hydrogen) atoms. The van der Waals surface area contributed by atoms with Gasteiger partial charge in [0.05, 0.1) is 17.6 Å². The van der Waals surface area contributed by atoms with Gasteiger partial charge in [-0.25, -0.2) is 4.79 Å². The summed E-state index contributed by atoms with van der Waals surface area (Å²) < 4.78 is 12.0. The van der Waals surface area contributed by atoms with Gasteiger partial charge in [-0.1, -0.05) is 0 Å². The van der Waals surface area contributed by atoms with Crippen LogP contribution in [0.2, 0.25) is 0 Å². The van der Waals surface area contributed by atoms with E-state index in [0.29, 0.717) is 11.3 Å². The van der Waals surface area contributed by atoms with Crippen LogP contribution in [0.5, 0.6) is 5.75 Å². The van der Waals surface area contributed by atoms with Gasteiger partial charge in [0.15, 0.2) is 0 Å². The number of aliphatic hydroxyl groups excluding tert-OH is 1. The molecule has 0 radical (unpaired) electrons. The standard InChI is InChI=1S/C21H25IN2O6/c1-21(2,3)23(14-19(25)15-4-8-17(9-5-15)24(27)28)20(26)30-13-12-29-18-10-6-16(22)7-11-18/h4-11,19,25H,12-14H2,1-3H3/t19-/m0/s1. The van der Waals surface area contributed by atoms with E-state index in [9.17, 15) is 20.0 Å². The summed E-state index contributed by atoms with van der Waals surface area (Å²) in [7, 11) is 0. The van der Waals surface area contributed by atoms with Crippen LogP contribution in [-0.4, -0.2) is 46.3 Å². The molecule has 0 fully saturated rings. The lowest BCUT2D eigenvalue weighted by atomic mass is 10.0. The van der Waals surface area contributed by atoms with E-state index in [2.05, 4.69) is 22.6 Å². The zero-order chi connectivity index (χ0) is 22.3. The highest BCUT2D eigenvalue weighted by molar-refractivity contribution is 14.1. The lowest BCUT2D eigenvalue weighted by Crippen LogP contribution is -2.48. The van der Waals surface area contributed by atoms with Gasteiger partial charge in [0.2, 0.25) is 0 Å². The van der Waals surface area contributed by atoms with E-state index < -0.39 is 22.7 Å². The Morgan fingerprint density at radius 3 is 2.27 bits per heavy atom. The van der Waals surface area contributed by atoms with Gasteiger partial charge in [0.1, 0.15) is 19.0 Å². The van der Waals surface area contributed by atoms with Gasteiger partial charge in [0.25, 0.3) is 5.69 Å². The summed E-state index contributed by atoms with van der Waals surface area (Å²) in [6.45, 7) is 5.75. The third-order valence-electron chi connectivity index (χ3n) is 4.27. The average molecular weight is 528 g/mol. The van der Waals surface area contributed by atoms with Gasteiger partial charge in [-0.15, -0.1) is 0 Å². The van der Waals surface area contributed by atoms with Crippen LogP contribution in [0, 0.1) is 13.7 Å². The molecule has 2 aromatic carbocycles. The molecule has 0 unspecified atom stereocenters. The molecule has 2 aromatic rings. The molecule has 0 heterocycles. The van der Waals surface area contributed by atoms with Crippen molar-refractivity contribution < 1.29 is 24.3 Å². The minimum atomic E-state index is -1.01. The van der Waals surface area contributed by atoms with E-state index >= 15 is 0 Å². The number of non-ortho nitro benzene ring substituents is 1. The number of aliphatic hydroxyl groups is 1. The van der Waals surface area contributed by atoms with Crippen molar-refractivity contribution in [3.05, 3.63) is 67.8 Å². The molecule has 8 nitrogen and oxygen atoms in total. The molecular formula is C21H25IN2O6. The number of halogens is 1. The van der Waals surface area contributed by atoms with Gasteiger partial charge < -0.3 is 19.5 Å². The Morgan fingerprint density at radius 2 is 1.73 bits per heavy atom. The molecule has 2 rings (SSSR count). The molecule has 0 saturated carbocycles. The number of hydrogen-bond donors (Lipinski definition) is 1. The first-order valence-corrected chi connectivity index (χ1v) is 10.4. The largest absolute Gasteiger partial charge is 0.490 e. The summed E-state index contributed by atoms with van der Waals surface area (Å²) >= 11 is 2.20. The molecule has 0 aliphatic rings. The van der Waals surface area contributed by atoms with Crippen molar-refractivity contribution in [3.63, 3.8) is 0 Å². The predicted octanol–water partition coefficient (Wildman–Crippen LogP) is 4.55. The summed E-state index contributed by atoms with van der Waals surface area (Å²) in [5.41, 5.74) is -0.189.